The molecular formula is C24H50O. The molecular weight excluding hydrogens is 304 g/mol. The van der Waals surface area contributed by atoms with Gasteiger partial charge in [-0.1, -0.05) is 136 Å². The predicted octanol–water partition coefficient (Wildman–Crippen LogP) is 8.44. The number of unbranched alkanes of at least 4 members (excludes halogenated alkanes) is 18. The standard InChI is InChI=1S/C24H50O/c1-24(2)22-20-18-16-14-12-10-8-6-4-3-5-7-9-11-13-15-17-19-21-23-25/h24-25H,3-23H2,1-2H3. The first-order chi connectivity index (χ1) is 12.3. The van der Waals surface area contributed by atoms with Crippen LogP contribution >= 0.6 is 0 Å². The molecule has 0 aromatic rings. The van der Waals surface area contributed by atoms with Gasteiger partial charge in [0.2, 0.25) is 0 Å². The summed E-state index contributed by atoms with van der Waals surface area (Å²) in [5.74, 6) is 0.891. The van der Waals surface area contributed by atoms with E-state index in [9.17, 15) is 0 Å². The summed E-state index contributed by atoms with van der Waals surface area (Å²) in [4.78, 5) is 0. The van der Waals surface area contributed by atoms with Gasteiger partial charge in [-0.3, -0.25) is 0 Å². The van der Waals surface area contributed by atoms with Crippen LogP contribution in [0.5, 0.6) is 0 Å². The SMILES string of the molecule is CC(C)CCCCCCCCCCCCCCCCCCCCCO. The van der Waals surface area contributed by atoms with Gasteiger partial charge in [0, 0.05) is 6.61 Å². The number of hydrogen-bond acceptors (Lipinski definition) is 1. The minimum Gasteiger partial charge on any atom is -0.396 e. The molecule has 0 aliphatic heterocycles. The molecule has 0 saturated carbocycles. The van der Waals surface area contributed by atoms with Gasteiger partial charge in [-0.05, 0) is 12.3 Å². The first-order valence-electron chi connectivity index (χ1n) is 11.9. The van der Waals surface area contributed by atoms with E-state index in [1.54, 1.807) is 0 Å². The van der Waals surface area contributed by atoms with Crippen LogP contribution in [0.15, 0.2) is 0 Å². The summed E-state index contributed by atoms with van der Waals surface area (Å²) in [5.41, 5.74) is 0. The predicted molar refractivity (Wildman–Crippen MR) is 114 cm³/mol. The van der Waals surface area contributed by atoms with Crippen molar-refractivity contribution < 1.29 is 5.11 Å². The summed E-state index contributed by atoms with van der Waals surface area (Å²) in [5, 5.41) is 8.72. The van der Waals surface area contributed by atoms with Crippen molar-refractivity contribution in [3.05, 3.63) is 0 Å². The molecule has 0 aromatic carbocycles. The summed E-state index contributed by atoms with van der Waals surface area (Å²) >= 11 is 0. The molecule has 0 aliphatic rings. The van der Waals surface area contributed by atoms with E-state index < -0.39 is 0 Å². The smallest absolute Gasteiger partial charge is 0.0431 e. The van der Waals surface area contributed by atoms with Crippen LogP contribution in [0.3, 0.4) is 0 Å². The lowest BCUT2D eigenvalue weighted by molar-refractivity contribution is 0.282. The van der Waals surface area contributed by atoms with Crippen molar-refractivity contribution in [2.45, 2.75) is 142 Å². The zero-order valence-electron chi connectivity index (χ0n) is 17.9. The second-order valence-corrected chi connectivity index (χ2v) is 8.62. The van der Waals surface area contributed by atoms with Crippen molar-refractivity contribution in [2.24, 2.45) is 5.92 Å². The Hall–Kier alpha value is -0.0400. The molecule has 0 fully saturated rings. The van der Waals surface area contributed by atoms with Gasteiger partial charge in [-0.2, -0.15) is 0 Å². The molecule has 0 aromatic heterocycles. The third-order valence-corrected chi connectivity index (χ3v) is 5.44. The van der Waals surface area contributed by atoms with Gasteiger partial charge >= 0.3 is 0 Å². The maximum Gasteiger partial charge on any atom is 0.0431 e. The van der Waals surface area contributed by atoms with Gasteiger partial charge in [-0.25, -0.2) is 0 Å². The van der Waals surface area contributed by atoms with E-state index >= 15 is 0 Å². The van der Waals surface area contributed by atoms with Gasteiger partial charge in [0.1, 0.15) is 0 Å². The Morgan fingerprint density at radius 1 is 0.400 bits per heavy atom. The molecule has 0 heterocycles. The van der Waals surface area contributed by atoms with Gasteiger partial charge in [0.15, 0.2) is 0 Å². The molecule has 0 aliphatic carbocycles. The molecule has 0 spiro atoms. The van der Waals surface area contributed by atoms with E-state index in [1.165, 1.54) is 122 Å². The van der Waals surface area contributed by atoms with Crippen LogP contribution in [-0.2, 0) is 0 Å². The van der Waals surface area contributed by atoms with E-state index in [2.05, 4.69) is 13.8 Å². The molecule has 1 nitrogen and oxygen atoms in total. The monoisotopic (exact) mass is 354 g/mol. The molecule has 0 atom stereocenters. The average Bonchev–Trinajstić information content (AvgIpc) is 2.60. The first-order valence-corrected chi connectivity index (χ1v) is 11.9. The van der Waals surface area contributed by atoms with Crippen LogP contribution < -0.4 is 0 Å². The maximum atomic E-state index is 8.72. The van der Waals surface area contributed by atoms with Crippen molar-refractivity contribution in [3.8, 4) is 0 Å². The quantitative estimate of drug-likeness (QED) is 0.205. The molecule has 0 radical (unpaired) electrons. The number of aliphatic hydroxyl groups excluding tert-OH is 1. The third-order valence-electron chi connectivity index (χ3n) is 5.44. The lowest BCUT2D eigenvalue weighted by Crippen LogP contribution is -1.87. The third kappa shape index (κ3) is 24.0. The highest BCUT2D eigenvalue weighted by atomic mass is 16.2. The van der Waals surface area contributed by atoms with Gasteiger partial charge < -0.3 is 5.11 Å². The zero-order valence-corrected chi connectivity index (χ0v) is 17.9. The Bertz CT molecular complexity index is 224. The van der Waals surface area contributed by atoms with Crippen molar-refractivity contribution >= 4 is 0 Å². The van der Waals surface area contributed by atoms with Crippen molar-refractivity contribution in [1.29, 1.82) is 0 Å². The van der Waals surface area contributed by atoms with E-state index in [1.807, 2.05) is 0 Å². The molecule has 1 heteroatoms. The van der Waals surface area contributed by atoms with Crippen molar-refractivity contribution in [1.82, 2.24) is 0 Å². The second-order valence-electron chi connectivity index (χ2n) is 8.62. The number of hydrogen-bond donors (Lipinski definition) is 1. The van der Waals surface area contributed by atoms with Crippen LogP contribution in [0.2, 0.25) is 0 Å². The molecule has 25 heavy (non-hydrogen) atoms. The van der Waals surface area contributed by atoms with Crippen molar-refractivity contribution in [2.75, 3.05) is 6.61 Å². The number of aliphatic hydroxyl groups is 1. The zero-order chi connectivity index (χ0) is 18.4. The topological polar surface area (TPSA) is 20.2 Å². The van der Waals surface area contributed by atoms with Gasteiger partial charge in [-0.15, -0.1) is 0 Å². The number of rotatable bonds is 21. The molecule has 0 saturated heterocycles. The minimum absolute atomic E-state index is 0.373. The lowest BCUT2D eigenvalue weighted by atomic mass is 10.0. The molecule has 0 bridgehead atoms. The average molecular weight is 355 g/mol. The van der Waals surface area contributed by atoms with Crippen LogP contribution in [0.25, 0.3) is 0 Å². The van der Waals surface area contributed by atoms with Gasteiger partial charge in [0.05, 0.1) is 0 Å². The second kappa shape index (κ2) is 22.0. The highest BCUT2D eigenvalue weighted by Crippen LogP contribution is 2.15. The van der Waals surface area contributed by atoms with E-state index in [0.717, 1.165) is 12.3 Å². The lowest BCUT2D eigenvalue weighted by Gasteiger charge is -2.05. The summed E-state index contributed by atoms with van der Waals surface area (Å²) < 4.78 is 0. The summed E-state index contributed by atoms with van der Waals surface area (Å²) in [6.45, 7) is 5.05. The Kier molecular flexibility index (Phi) is 22.0. The van der Waals surface area contributed by atoms with E-state index in [-0.39, 0.29) is 0 Å². The van der Waals surface area contributed by atoms with Crippen LogP contribution in [0, 0.1) is 5.92 Å². The van der Waals surface area contributed by atoms with Crippen LogP contribution in [0.1, 0.15) is 142 Å². The normalized spacial score (nSPS) is 11.5. The molecule has 152 valence electrons. The van der Waals surface area contributed by atoms with E-state index in [0.29, 0.717) is 6.61 Å². The van der Waals surface area contributed by atoms with E-state index in [4.69, 9.17) is 5.11 Å². The Labute approximate surface area is 160 Å². The molecule has 0 rings (SSSR count). The highest BCUT2D eigenvalue weighted by molar-refractivity contribution is 4.51. The fourth-order valence-electron chi connectivity index (χ4n) is 3.67. The summed E-state index contributed by atoms with van der Waals surface area (Å²) in [6.07, 6.45) is 28.2. The van der Waals surface area contributed by atoms with Crippen molar-refractivity contribution in [3.63, 3.8) is 0 Å². The molecule has 0 unspecified atom stereocenters. The fourth-order valence-corrected chi connectivity index (χ4v) is 3.67. The highest BCUT2D eigenvalue weighted by Gasteiger charge is 1.96. The Morgan fingerprint density at radius 2 is 0.640 bits per heavy atom. The van der Waals surface area contributed by atoms with Crippen LogP contribution in [-0.4, -0.2) is 11.7 Å². The summed E-state index contributed by atoms with van der Waals surface area (Å²) in [6, 6.07) is 0. The van der Waals surface area contributed by atoms with Crippen LogP contribution in [0.4, 0.5) is 0 Å². The largest absolute Gasteiger partial charge is 0.396 e. The fraction of sp³-hybridized carbons (Fsp3) is 1.00. The maximum absolute atomic E-state index is 8.72. The van der Waals surface area contributed by atoms with Gasteiger partial charge in [0.25, 0.3) is 0 Å². The Morgan fingerprint density at radius 3 is 0.880 bits per heavy atom. The molecule has 1 N–H and O–H groups in total. The first kappa shape index (κ1) is 25.0. The molecule has 0 amide bonds. The minimum atomic E-state index is 0.373. The Balaban J connectivity index is 2.96. The summed E-state index contributed by atoms with van der Waals surface area (Å²) in [7, 11) is 0.